The van der Waals surface area contributed by atoms with Crippen LogP contribution in [0.15, 0.2) is 42.6 Å². The van der Waals surface area contributed by atoms with E-state index in [2.05, 4.69) is 31.8 Å². The van der Waals surface area contributed by atoms with E-state index in [4.69, 9.17) is 0 Å². The Morgan fingerprint density at radius 1 is 0.941 bits per heavy atom. The molecule has 0 amide bonds. The Labute approximate surface area is 101 Å². The highest BCUT2D eigenvalue weighted by molar-refractivity contribution is 5.58. The van der Waals surface area contributed by atoms with Gasteiger partial charge in [-0.1, -0.05) is 26.8 Å². The topological polar surface area (TPSA) is 12.9 Å². The molecule has 0 unspecified atom stereocenters. The van der Waals surface area contributed by atoms with Crippen molar-refractivity contribution in [3.63, 3.8) is 0 Å². The minimum atomic E-state index is -0.222. The molecule has 2 heteroatoms. The van der Waals surface area contributed by atoms with Crippen LogP contribution in [0.4, 0.5) is 4.39 Å². The van der Waals surface area contributed by atoms with Crippen molar-refractivity contribution >= 4 is 0 Å². The van der Waals surface area contributed by atoms with Gasteiger partial charge in [-0.3, -0.25) is 4.98 Å². The van der Waals surface area contributed by atoms with Gasteiger partial charge in [-0.15, -0.1) is 0 Å². The first-order valence-electron chi connectivity index (χ1n) is 5.69. The van der Waals surface area contributed by atoms with Gasteiger partial charge in [0.25, 0.3) is 0 Å². The van der Waals surface area contributed by atoms with Crippen LogP contribution in [0, 0.1) is 5.82 Å². The molecule has 88 valence electrons. The maximum absolute atomic E-state index is 12.8. The van der Waals surface area contributed by atoms with Crippen molar-refractivity contribution in [1.29, 1.82) is 0 Å². The molecule has 1 aromatic carbocycles. The molecule has 2 rings (SSSR count). The van der Waals surface area contributed by atoms with Crippen LogP contribution in [0.1, 0.15) is 26.3 Å². The lowest BCUT2D eigenvalue weighted by atomic mass is 9.88. The van der Waals surface area contributed by atoms with Crippen molar-refractivity contribution in [2.75, 3.05) is 0 Å². The zero-order valence-electron chi connectivity index (χ0n) is 10.4. The van der Waals surface area contributed by atoms with Crippen LogP contribution >= 0.6 is 0 Å². The third kappa shape index (κ3) is 2.70. The Morgan fingerprint density at radius 2 is 1.59 bits per heavy atom. The lowest BCUT2D eigenvalue weighted by Gasteiger charge is -2.18. The van der Waals surface area contributed by atoms with Crippen molar-refractivity contribution in [2.45, 2.75) is 26.2 Å². The Bertz CT molecular complexity index is 492. The van der Waals surface area contributed by atoms with Gasteiger partial charge in [0.15, 0.2) is 0 Å². The third-order valence-electron chi connectivity index (χ3n) is 2.77. The van der Waals surface area contributed by atoms with Gasteiger partial charge >= 0.3 is 0 Å². The van der Waals surface area contributed by atoms with E-state index in [1.807, 2.05) is 12.3 Å². The first kappa shape index (κ1) is 11.8. The summed E-state index contributed by atoms with van der Waals surface area (Å²) in [6.07, 6.45) is 1.89. The van der Waals surface area contributed by atoms with E-state index in [0.717, 1.165) is 11.3 Å². The molecule has 0 bridgehead atoms. The summed E-state index contributed by atoms with van der Waals surface area (Å²) < 4.78 is 12.8. The highest BCUT2D eigenvalue weighted by atomic mass is 19.1. The zero-order chi connectivity index (χ0) is 12.5. The maximum atomic E-state index is 12.8. The molecule has 0 radical (unpaired) electrons. The average Bonchev–Trinajstić information content (AvgIpc) is 2.29. The summed E-state index contributed by atoms with van der Waals surface area (Å²) in [5, 5.41) is 0. The lowest BCUT2D eigenvalue weighted by Crippen LogP contribution is -2.11. The van der Waals surface area contributed by atoms with Gasteiger partial charge in [-0.05, 0) is 41.3 Å². The monoisotopic (exact) mass is 229 g/mol. The molecular formula is C15H16FN. The van der Waals surface area contributed by atoms with Crippen LogP contribution in [-0.4, -0.2) is 4.98 Å². The van der Waals surface area contributed by atoms with E-state index in [1.165, 1.54) is 17.7 Å². The molecule has 0 saturated heterocycles. The van der Waals surface area contributed by atoms with E-state index < -0.39 is 0 Å². The second kappa shape index (κ2) is 4.28. The van der Waals surface area contributed by atoms with Crippen molar-refractivity contribution in [3.8, 4) is 11.3 Å². The predicted molar refractivity (Wildman–Crippen MR) is 68.3 cm³/mol. The molecule has 0 saturated carbocycles. The summed E-state index contributed by atoms with van der Waals surface area (Å²) in [6.45, 7) is 6.46. The highest BCUT2D eigenvalue weighted by Crippen LogP contribution is 2.24. The number of benzene rings is 1. The maximum Gasteiger partial charge on any atom is 0.123 e. The predicted octanol–water partition coefficient (Wildman–Crippen LogP) is 4.19. The highest BCUT2D eigenvalue weighted by Gasteiger charge is 2.13. The molecule has 1 aromatic heterocycles. The molecule has 1 heterocycles. The van der Waals surface area contributed by atoms with Crippen LogP contribution in [0.2, 0.25) is 0 Å². The van der Waals surface area contributed by atoms with E-state index in [1.54, 1.807) is 12.1 Å². The molecule has 17 heavy (non-hydrogen) atoms. The minimum Gasteiger partial charge on any atom is -0.256 e. The number of halogens is 1. The second-order valence-corrected chi connectivity index (χ2v) is 5.19. The molecule has 0 aliphatic rings. The van der Waals surface area contributed by atoms with E-state index >= 15 is 0 Å². The van der Waals surface area contributed by atoms with Crippen molar-refractivity contribution in [3.05, 3.63) is 54.0 Å². The van der Waals surface area contributed by atoms with Gasteiger partial charge in [0.05, 0.1) is 5.69 Å². The van der Waals surface area contributed by atoms with Crippen LogP contribution in [-0.2, 0) is 5.41 Å². The fourth-order valence-corrected chi connectivity index (χ4v) is 1.63. The number of hydrogen-bond acceptors (Lipinski definition) is 1. The van der Waals surface area contributed by atoms with Gasteiger partial charge < -0.3 is 0 Å². The molecule has 0 N–H and O–H groups in total. The SMILES string of the molecule is CC(C)(C)c1ccc(-c2ccc(F)cc2)nc1. The molecule has 1 nitrogen and oxygen atoms in total. The summed E-state index contributed by atoms with van der Waals surface area (Å²) in [7, 11) is 0. The van der Waals surface area contributed by atoms with Gasteiger partial charge in [-0.2, -0.15) is 0 Å². The quantitative estimate of drug-likeness (QED) is 0.714. The molecule has 0 atom stereocenters. The third-order valence-corrected chi connectivity index (χ3v) is 2.77. The lowest BCUT2D eigenvalue weighted by molar-refractivity contribution is 0.587. The minimum absolute atomic E-state index is 0.105. The van der Waals surface area contributed by atoms with E-state index in [-0.39, 0.29) is 11.2 Å². The number of rotatable bonds is 1. The summed E-state index contributed by atoms with van der Waals surface area (Å²) in [5.41, 5.74) is 3.11. The average molecular weight is 229 g/mol. The second-order valence-electron chi connectivity index (χ2n) is 5.19. The number of pyridine rings is 1. The molecule has 2 aromatic rings. The van der Waals surface area contributed by atoms with Crippen LogP contribution in [0.5, 0.6) is 0 Å². The van der Waals surface area contributed by atoms with E-state index in [0.29, 0.717) is 0 Å². The van der Waals surface area contributed by atoms with Gasteiger partial charge in [0.1, 0.15) is 5.82 Å². The molecule has 0 aliphatic carbocycles. The Kier molecular flexibility index (Phi) is 2.97. The summed E-state index contributed by atoms with van der Waals surface area (Å²) >= 11 is 0. The number of aromatic nitrogens is 1. The van der Waals surface area contributed by atoms with Crippen molar-refractivity contribution < 1.29 is 4.39 Å². The largest absolute Gasteiger partial charge is 0.256 e. The fourth-order valence-electron chi connectivity index (χ4n) is 1.63. The first-order chi connectivity index (χ1) is 7.97. The van der Waals surface area contributed by atoms with Crippen LogP contribution in [0.3, 0.4) is 0 Å². The Hall–Kier alpha value is -1.70. The summed E-state index contributed by atoms with van der Waals surface area (Å²) in [5.74, 6) is -0.222. The fraction of sp³-hybridized carbons (Fsp3) is 0.267. The van der Waals surface area contributed by atoms with Crippen LogP contribution in [0.25, 0.3) is 11.3 Å². The van der Waals surface area contributed by atoms with Crippen molar-refractivity contribution in [1.82, 2.24) is 4.98 Å². The standard InChI is InChI=1S/C15H16FN/c1-15(2,3)12-6-9-14(17-10-12)11-4-7-13(16)8-5-11/h4-10H,1-3H3. The smallest absolute Gasteiger partial charge is 0.123 e. The van der Waals surface area contributed by atoms with Crippen molar-refractivity contribution in [2.24, 2.45) is 0 Å². The normalized spacial score (nSPS) is 11.5. The zero-order valence-corrected chi connectivity index (χ0v) is 10.4. The molecule has 0 fully saturated rings. The van der Waals surface area contributed by atoms with Gasteiger partial charge in [0.2, 0.25) is 0 Å². The van der Waals surface area contributed by atoms with Gasteiger partial charge in [-0.25, -0.2) is 4.39 Å². The molecular weight excluding hydrogens is 213 g/mol. The number of nitrogens with zero attached hydrogens (tertiary/aromatic N) is 1. The number of hydrogen-bond donors (Lipinski definition) is 0. The summed E-state index contributed by atoms with van der Waals surface area (Å²) in [6, 6.07) is 10.5. The molecule has 0 aliphatic heterocycles. The Morgan fingerprint density at radius 3 is 2.06 bits per heavy atom. The van der Waals surface area contributed by atoms with E-state index in [9.17, 15) is 4.39 Å². The molecule has 0 spiro atoms. The Balaban J connectivity index is 2.33. The first-order valence-corrected chi connectivity index (χ1v) is 5.69. The van der Waals surface area contributed by atoms with Gasteiger partial charge in [0, 0.05) is 11.8 Å². The summed E-state index contributed by atoms with van der Waals surface area (Å²) in [4.78, 5) is 4.42. The van der Waals surface area contributed by atoms with Crippen LogP contribution < -0.4 is 0 Å².